The Morgan fingerprint density at radius 2 is 1.94 bits per heavy atom. The molecule has 1 amide bonds. The molecule has 0 spiro atoms. The van der Waals surface area contributed by atoms with E-state index in [1.807, 2.05) is 55.6 Å². The minimum absolute atomic E-state index is 0.101. The van der Waals surface area contributed by atoms with Gasteiger partial charge in [-0.2, -0.15) is 0 Å². The summed E-state index contributed by atoms with van der Waals surface area (Å²) in [7, 11) is 1.59. The molecule has 0 aliphatic heterocycles. The molecule has 9 heteroatoms. The maximum Gasteiger partial charge on any atom is 0.262 e. The van der Waals surface area contributed by atoms with E-state index in [1.54, 1.807) is 23.8 Å². The van der Waals surface area contributed by atoms with E-state index in [-0.39, 0.29) is 23.3 Å². The Bertz CT molecular complexity index is 1330. The summed E-state index contributed by atoms with van der Waals surface area (Å²) in [4.78, 5) is 34.9. The van der Waals surface area contributed by atoms with Crippen molar-refractivity contribution in [1.29, 1.82) is 0 Å². The first-order chi connectivity index (χ1) is 16.0. The smallest absolute Gasteiger partial charge is 0.262 e. The van der Waals surface area contributed by atoms with Crippen molar-refractivity contribution in [2.75, 3.05) is 24.8 Å². The van der Waals surface area contributed by atoms with Crippen molar-refractivity contribution in [1.82, 2.24) is 14.5 Å². The lowest BCUT2D eigenvalue weighted by Crippen LogP contribution is -2.29. The van der Waals surface area contributed by atoms with E-state index >= 15 is 0 Å². The number of amides is 1. The molecule has 0 radical (unpaired) electrons. The predicted octanol–water partition coefficient (Wildman–Crippen LogP) is 4.77. The van der Waals surface area contributed by atoms with E-state index in [1.165, 1.54) is 28.7 Å². The molecule has 7 nitrogen and oxygen atoms in total. The zero-order valence-electron chi connectivity index (χ0n) is 18.6. The Balaban J connectivity index is 1.50. The van der Waals surface area contributed by atoms with E-state index < -0.39 is 0 Å². The largest absolute Gasteiger partial charge is 0.383 e. The summed E-state index contributed by atoms with van der Waals surface area (Å²) in [5.74, 6) is -0.109. The van der Waals surface area contributed by atoms with Gasteiger partial charge in [0.1, 0.15) is 0 Å². The number of hydrogen-bond acceptors (Lipinski definition) is 7. The van der Waals surface area contributed by atoms with E-state index in [4.69, 9.17) is 4.74 Å². The molecule has 1 unspecified atom stereocenters. The number of aromatic nitrogens is 3. The van der Waals surface area contributed by atoms with Crippen molar-refractivity contribution in [3.63, 3.8) is 0 Å². The van der Waals surface area contributed by atoms with Crippen LogP contribution in [-0.4, -0.2) is 39.9 Å². The minimum atomic E-state index is -0.221. The fourth-order valence-corrected chi connectivity index (χ4v) is 5.04. The molecule has 1 N–H and O–H groups in total. The molecule has 4 rings (SSSR count). The number of fused-ring (bicyclic) bond motifs is 1. The van der Waals surface area contributed by atoms with Gasteiger partial charge in [-0.25, -0.2) is 9.97 Å². The molecule has 0 bridgehead atoms. The number of carbonyl (C=O) groups excluding carboxylic acids is 1. The van der Waals surface area contributed by atoms with Gasteiger partial charge in [0.2, 0.25) is 5.91 Å². The number of methoxy groups -OCH3 is 1. The molecule has 2 heterocycles. The molecular weight excluding hydrogens is 456 g/mol. The molecule has 0 saturated heterocycles. The Hall–Kier alpha value is -3.01. The van der Waals surface area contributed by atoms with Gasteiger partial charge in [-0.05, 0) is 26.0 Å². The third kappa shape index (κ3) is 5.32. The highest BCUT2D eigenvalue weighted by Gasteiger charge is 2.18. The summed E-state index contributed by atoms with van der Waals surface area (Å²) >= 11 is 2.60. The van der Waals surface area contributed by atoms with Crippen LogP contribution < -0.4 is 10.9 Å². The van der Waals surface area contributed by atoms with Gasteiger partial charge in [0.05, 0.1) is 35.0 Å². The summed E-state index contributed by atoms with van der Waals surface area (Å²) in [6, 6.07) is 15.1. The number of ether oxygens (including phenoxy) is 1. The highest BCUT2D eigenvalue weighted by molar-refractivity contribution is 7.99. The number of rotatable bonds is 8. The maximum absolute atomic E-state index is 13.1. The van der Waals surface area contributed by atoms with Gasteiger partial charge in [-0.3, -0.25) is 14.2 Å². The summed E-state index contributed by atoms with van der Waals surface area (Å²) in [5.41, 5.74) is 3.47. The van der Waals surface area contributed by atoms with Gasteiger partial charge < -0.3 is 10.1 Å². The predicted molar refractivity (Wildman–Crippen MR) is 134 cm³/mol. The monoisotopic (exact) mass is 480 g/mol. The second-order valence-electron chi connectivity index (χ2n) is 7.63. The topological polar surface area (TPSA) is 86.1 Å². The number of nitrogens with zero attached hydrogens (tertiary/aromatic N) is 3. The number of aryl methyl sites for hydroxylation is 1. The number of carbonyl (C=O) groups is 1. The van der Waals surface area contributed by atoms with Crippen LogP contribution in [0.1, 0.15) is 18.5 Å². The van der Waals surface area contributed by atoms with Crippen molar-refractivity contribution in [3.05, 3.63) is 69.8 Å². The van der Waals surface area contributed by atoms with Crippen LogP contribution in [0.4, 0.5) is 5.13 Å². The van der Waals surface area contributed by atoms with Gasteiger partial charge in [-0.15, -0.1) is 11.3 Å². The van der Waals surface area contributed by atoms with Crippen LogP contribution >= 0.6 is 23.1 Å². The number of para-hydroxylation sites is 1. The molecule has 170 valence electrons. The first kappa shape index (κ1) is 23.2. The summed E-state index contributed by atoms with van der Waals surface area (Å²) in [6.45, 7) is 4.29. The van der Waals surface area contributed by atoms with Gasteiger partial charge in [-0.1, -0.05) is 53.7 Å². The first-order valence-electron chi connectivity index (χ1n) is 10.4. The fraction of sp³-hybridized carbons (Fsp3) is 0.250. The second kappa shape index (κ2) is 10.3. The fourth-order valence-electron chi connectivity index (χ4n) is 3.41. The third-order valence-electron chi connectivity index (χ3n) is 5.05. The SMILES string of the molecule is COCC(C)n1c(SCC(=O)Nc2nc(-c3ccc(C)cc3)cs2)nc2ccccc2c1=O. The van der Waals surface area contributed by atoms with Crippen molar-refractivity contribution in [2.45, 2.75) is 25.0 Å². The summed E-state index contributed by atoms with van der Waals surface area (Å²) in [5, 5.41) is 6.33. The molecule has 0 aliphatic rings. The average Bonchev–Trinajstić information content (AvgIpc) is 3.26. The van der Waals surface area contributed by atoms with E-state index in [0.29, 0.717) is 27.8 Å². The van der Waals surface area contributed by atoms with Gasteiger partial charge in [0.25, 0.3) is 5.56 Å². The molecule has 2 aromatic heterocycles. The van der Waals surface area contributed by atoms with E-state index in [2.05, 4.69) is 15.3 Å². The third-order valence-corrected chi connectivity index (χ3v) is 6.76. The number of anilines is 1. The maximum atomic E-state index is 13.1. The lowest BCUT2D eigenvalue weighted by Gasteiger charge is -2.18. The minimum Gasteiger partial charge on any atom is -0.383 e. The number of thioether (sulfide) groups is 1. The van der Waals surface area contributed by atoms with Gasteiger partial charge >= 0.3 is 0 Å². The molecule has 33 heavy (non-hydrogen) atoms. The number of benzene rings is 2. The highest BCUT2D eigenvalue weighted by atomic mass is 32.2. The quantitative estimate of drug-likeness (QED) is 0.289. The molecule has 0 saturated carbocycles. The van der Waals surface area contributed by atoms with Crippen molar-refractivity contribution in [3.8, 4) is 11.3 Å². The van der Waals surface area contributed by atoms with Gasteiger partial charge in [0.15, 0.2) is 10.3 Å². The molecule has 4 aromatic rings. The van der Waals surface area contributed by atoms with Crippen molar-refractivity contribution >= 4 is 45.0 Å². The Kier molecular flexibility index (Phi) is 7.22. The summed E-state index contributed by atoms with van der Waals surface area (Å²) < 4.78 is 6.85. The van der Waals surface area contributed by atoms with E-state index in [9.17, 15) is 9.59 Å². The second-order valence-corrected chi connectivity index (χ2v) is 9.43. The van der Waals surface area contributed by atoms with Crippen molar-refractivity contribution < 1.29 is 9.53 Å². The van der Waals surface area contributed by atoms with Gasteiger partial charge in [0, 0.05) is 18.1 Å². The zero-order chi connectivity index (χ0) is 23.4. The van der Waals surface area contributed by atoms with Crippen molar-refractivity contribution in [2.24, 2.45) is 0 Å². The molecule has 1 atom stereocenters. The number of hydrogen-bond donors (Lipinski definition) is 1. The van der Waals surface area contributed by atoms with Crippen LogP contribution in [0.15, 0.2) is 63.9 Å². The van der Waals surface area contributed by atoms with Crippen LogP contribution in [0.3, 0.4) is 0 Å². The summed E-state index contributed by atoms with van der Waals surface area (Å²) in [6.07, 6.45) is 0. The van der Waals surface area contributed by atoms with Crippen LogP contribution in [0.25, 0.3) is 22.2 Å². The van der Waals surface area contributed by atoms with Crippen LogP contribution in [0.5, 0.6) is 0 Å². The van der Waals surface area contributed by atoms with Crippen LogP contribution in [-0.2, 0) is 9.53 Å². The Morgan fingerprint density at radius 1 is 1.18 bits per heavy atom. The highest BCUT2D eigenvalue weighted by Crippen LogP contribution is 2.26. The normalized spacial score (nSPS) is 12.1. The number of nitrogens with one attached hydrogen (secondary N) is 1. The molecule has 0 aliphatic carbocycles. The van der Waals surface area contributed by atoms with Crippen LogP contribution in [0.2, 0.25) is 0 Å². The molecule has 2 aromatic carbocycles. The first-order valence-corrected chi connectivity index (χ1v) is 12.3. The zero-order valence-corrected chi connectivity index (χ0v) is 20.2. The standard InChI is InChI=1S/C24H24N4O3S2/c1-15-8-10-17(11-9-15)20-13-32-23(25-20)27-21(29)14-33-24-26-19-7-5-4-6-18(19)22(30)28(24)16(2)12-31-3/h4-11,13,16H,12,14H2,1-3H3,(H,25,27,29). The Labute approximate surface area is 199 Å². The number of thiazole rings is 1. The van der Waals surface area contributed by atoms with Crippen LogP contribution in [0, 0.1) is 6.92 Å². The lowest BCUT2D eigenvalue weighted by atomic mass is 10.1. The average molecular weight is 481 g/mol. The Morgan fingerprint density at radius 3 is 2.70 bits per heavy atom. The lowest BCUT2D eigenvalue weighted by molar-refractivity contribution is -0.113. The molecule has 0 fully saturated rings. The molecular formula is C24H24N4O3S2. The van der Waals surface area contributed by atoms with E-state index in [0.717, 1.165) is 11.3 Å².